The largest absolute Gasteiger partial charge is 0.379 e. The van der Waals surface area contributed by atoms with Crippen LogP contribution in [0.15, 0.2) is 103 Å². The number of hydrogen-bond donors (Lipinski definition) is 0. The lowest BCUT2D eigenvalue weighted by atomic mass is 9.95. The molecule has 3 aromatic carbocycles. The normalized spacial score (nSPS) is 23.7. The molecule has 0 amide bonds. The molecule has 0 aliphatic heterocycles. The Labute approximate surface area is 203 Å². The van der Waals surface area contributed by atoms with Gasteiger partial charge in [-0.1, -0.05) is 103 Å². The summed E-state index contributed by atoms with van der Waals surface area (Å²) in [6, 6.07) is 30.7. The van der Waals surface area contributed by atoms with Gasteiger partial charge in [0.25, 0.3) is 0 Å². The van der Waals surface area contributed by atoms with Gasteiger partial charge in [0.05, 0.1) is 25.9 Å². The highest BCUT2D eigenvalue weighted by molar-refractivity contribution is 5.16. The molecule has 1 aliphatic carbocycles. The second kappa shape index (κ2) is 13.2. The molecule has 4 atom stereocenters. The zero-order valence-corrected chi connectivity index (χ0v) is 19.8. The van der Waals surface area contributed by atoms with Crippen LogP contribution in [0.3, 0.4) is 0 Å². The first-order chi connectivity index (χ1) is 16.8. The third kappa shape index (κ3) is 7.12. The van der Waals surface area contributed by atoms with E-state index in [0.29, 0.717) is 19.8 Å². The first-order valence-electron chi connectivity index (χ1n) is 12.0. The fraction of sp³-hybridized carbons (Fsp3) is 0.333. The molecule has 1 aliphatic rings. The van der Waals surface area contributed by atoms with Gasteiger partial charge in [0.1, 0.15) is 18.3 Å². The Bertz CT molecular complexity index is 974. The molecule has 4 rings (SSSR count). The number of benzene rings is 3. The molecule has 3 aromatic rings. The molecule has 178 valence electrons. The first kappa shape index (κ1) is 24.4. The van der Waals surface area contributed by atoms with E-state index in [2.05, 4.69) is 48.6 Å². The molecular formula is C30H34O4. The summed E-state index contributed by atoms with van der Waals surface area (Å²) >= 11 is 0. The van der Waals surface area contributed by atoms with Gasteiger partial charge in [0.15, 0.2) is 0 Å². The first-order valence-corrected chi connectivity index (χ1v) is 12.0. The summed E-state index contributed by atoms with van der Waals surface area (Å²) in [6.07, 6.45) is 5.11. The molecule has 0 spiro atoms. The van der Waals surface area contributed by atoms with Gasteiger partial charge >= 0.3 is 0 Å². The maximum Gasteiger partial charge on any atom is 0.116 e. The van der Waals surface area contributed by atoms with E-state index in [0.717, 1.165) is 29.5 Å². The van der Waals surface area contributed by atoms with Gasteiger partial charge in [-0.3, -0.25) is 0 Å². The number of rotatable bonds is 10. The molecule has 34 heavy (non-hydrogen) atoms. The second-order valence-corrected chi connectivity index (χ2v) is 8.56. The third-order valence-corrected chi connectivity index (χ3v) is 6.12. The van der Waals surface area contributed by atoms with E-state index in [1.807, 2.05) is 54.6 Å². The molecule has 0 heterocycles. The van der Waals surface area contributed by atoms with Gasteiger partial charge in [-0.05, 0) is 29.5 Å². The van der Waals surface area contributed by atoms with Gasteiger partial charge in [-0.15, -0.1) is 0 Å². The Morgan fingerprint density at radius 3 is 1.59 bits per heavy atom. The molecular weight excluding hydrogens is 424 g/mol. The Balaban J connectivity index is 1.57. The number of ether oxygens (including phenoxy) is 4. The van der Waals surface area contributed by atoms with Crippen molar-refractivity contribution in [2.75, 3.05) is 7.11 Å². The van der Waals surface area contributed by atoms with E-state index in [4.69, 9.17) is 18.9 Å². The molecule has 0 bridgehead atoms. The minimum absolute atomic E-state index is 0.0998. The molecule has 4 heteroatoms. The molecule has 0 saturated carbocycles. The van der Waals surface area contributed by atoms with Crippen molar-refractivity contribution in [3.8, 4) is 0 Å². The van der Waals surface area contributed by atoms with Gasteiger partial charge in [0, 0.05) is 7.11 Å². The van der Waals surface area contributed by atoms with Crippen molar-refractivity contribution in [1.82, 2.24) is 0 Å². The second-order valence-electron chi connectivity index (χ2n) is 8.56. The van der Waals surface area contributed by atoms with Crippen LogP contribution in [-0.2, 0) is 38.8 Å². The van der Waals surface area contributed by atoms with Crippen LogP contribution in [0, 0.1) is 0 Å². The Morgan fingerprint density at radius 1 is 0.618 bits per heavy atom. The van der Waals surface area contributed by atoms with Gasteiger partial charge < -0.3 is 18.9 Å². The third-order valence-electron chi connectivity index (χ3n) is 6.12. The highest BCUT2D eigenvalue weighted by Gasteiger charge is 2.37. The van der Waals surface area contributed by atoms with Crippen molar-refractivity contribution < 1.29 is 18.9 Å². The van der Waals surface area contributed by atoms with Gasteiger partial charge in [0.2, 0.25) is 0 Å². The summed E-state index contributed by atoms with van der Waals surface area (Å²) in [5.74, 6) is 0. The molecule has 0 radical (unpaired) electrons. The van der Waals surface area contributed by atoms with Crippen LogP contribution in [0.2, 0.25) is 0 Å². The SMILES string of the molecule is CO[C@@H]1CC/C=C\[C@@H](OCc2ccccc2)[C@H](OCc2ccccc2)[C@H]1OCc1ccccc1. The van der Waals surface area contributed by atoms with Crippen LogP contribution in [-0.4, -0.2) is 31.5 Å². The molecule has 0 aromatic heterocycles. The van der Waals surface area contributed by atoms with Crippen LogP contribution >= 0.6 is 0 Å². The standard InChI is InChI=1S/C30H34O4/c1-31-27-19-11-12-20-28(32-21-24-13-5-2-6-14-24)30(34-23-26-17-9-4-10-18-26)29(27)33-22-25-15-7-3-8-16-25/h2-10,12-18,20,27-30H,11,19,21-23H2,1H3/b20-12-/t27-,28-,29+,30+/m1/s1. The monoisotopic (exact) mass is 458 g/mol. The Hall–Kier alpha value is -2.76. The van der Waals surface area contributed by atoms with Crippen molar-refractivity contribution in [3.63, 3.8) is 0 Å². The van der Waals surface area contributed by atoms with Crippen molar-refractivity contribution in [2.24, 2.45) is 0 Å². The predicted octanol–water partition coefficient (Wildman–Crippen LogP) is 6.11. The minimum atomic E-state index is -0.325. The van der Waals surface area contributed by atoms with E-state index >= 15 is 0 Å². The summed E-state index contributed by atoms with van der Waals surface area (Å²) in [5.41, 5.74) is 3.37. The van der Waals surface area contributed by atoms with E-state index in [1.54, 1.807) is 7.11 Å². The lowest BCUT2D eigenvalue weighted by molar-refractivity contribution is -0.176. The smallest absolute Gasteiger partial charge is 0.116 e. The minimum Gasteiger partial charge on any atom is -0.379 e. The van der Waals surface area contributed by atoms with Crippen LogP contribution in [0.5, 0.6) is 0 Å². The fourth-order valence-corrected chi connectivity index (χ4v) is 4.26. The average molecular weight is 459 g/mol. The van der Waals surface area contributed by atoms with Crippen molar-refractivity contribution >= 4 is 0 Å². The molecule has 0 fully saturated rings. The zero-order valence-electron chi connectivity index (χ0n) is 19.8. The lowest BCUT2D eigenvalue weighted by Gasteiger charge is -2.37. The highest BCUT2D eigenvalue weighted by Crippen LogP contribution is 2.26. The van der Waals surface area contributed by atoms with Crippen LogP contribution in [0.4, 0.5) is 0 Å². The van der Waals surface area contributed by atoms with Gasteiger partial charge in [-0.25, -0.2) is 0 Å². The van der Waals surface area contributed by atoms with E-state index in [1.165, 1.54) is 0 Å². The predicted molar refractivity (Wildman–Crippen MR) is 134 cm³/mol. The zero-order chi connectivity index (χ0) is 23.4. The topological polar surface area (TPSA) is 36.9 Å². The quantitative estimate of drug-likeness (QED) is 0.344. The molecule has 0 unspecified atom stereocenters. The summed E-state index contributed by atoms with van der Waals surface area (Å²) in [4.78, 5) is 0. The average Bonchev–Trinajstić information content (AvgIpc) is 2.89. The van der Waals surface area contributed by atoms with Crippen LogP contribution in [0.1, 0.15) is 29.5 Å². The summed E-state index contributed by atoms with van der Waals surface area (Å²) in [5, 5.41) is 0. The van der Waals surface area contributed by atoms with E-state index in [9.17, 15) is 0 Å². The van der Waals surface area contributed by atoms with E-state index < -0.39 is 0 Å². The number of hydrogen-bond acceptors (Lipinski definition) is 4. The maximum atomic E-state index is 6.56. The summed E-state index contributed by atoms with van der Waals surface area (Å²) in [6.45, 7) is 1.47. The molecule has 4 nitrogen and oxygen atoms in total. The Morgan fingerprint density at radius 2 is 1.09 bits per heavy atom. The summed E-state index contributed by atoms with van der Waals surface area (Å²) in [7, 11) is 1.75. The van der Waals surface area contributed by atoms with Crippen LogP contribution in [0.25, 0.3) is 0 Å². The fourth-order valence-electron chi connectivity index (χ4n) is 4.26. The van der Waals surface area contributed by atoms with Crippen LogP contribution < -0.4 is 0 Å². The number of allylic oxidation sites excluding steroid dienone is 1. The van der Waals surface area contributed by atoms with Crippen molar-refractivity contribution in [1.29, 1.82) is 0 Å². The Kier molecular flexibility index (Phi) is 9.47. The maximum absolute atomic E-state index is 6.56. The molecule has 0 saturated heterocycles. The van der Waals surface area contributed by atoms with Crippen molar-refractivity contribution in [3.05, 3.63) is 120 Å². The van der Waals surface area contributed by atoms with Crippen molar-refractivity contribution in [2.45, 2.75) is 57.1 Å². The number of methoxy groups -OCH3 is 1. The molecule has 0 N–H and O–H groups in total. The van der Waals surface area contributed by atoms with Gasteiger partial charge in [-0.2, -0.15) is 0 Å². The highest BCUT2D eigenvalue weighted by atomic mass is 16.6. The summed E-state index contributed by atoms with van der Waals surface area (Å²) < 4.78 is 25.4. The van der Waals surface area contributed by atoms with E-state index in [-0.39, 0.29) is 24.4 Å². The lowest BCUT2D eigenvalue weighted by Crippen LogP contribution is -2.49.